The number of nitrogens with one attached hydrogen (secondary N) is 1. The number of aliphatic hydroxyl groups is 2. The van der Waals surface area contributed by atoms with Crippen LogP contribution in [0.2, 0.25) is 0 Å². The smallest absolute Gasteiger partial charge is 0.391 e. The van der Waals surface area contributed by atoms with Crippen LogP contribution in [0.3, 0.4) is 0 Å². The molecule has 0 aromatic heterocycles. The first-order valence-corrected chi connectivity index (χ1v) is 20.0. The zero-order valence-corrected chi connectivity index (χ0v) is 30.7. The van der Waals surface area contributed by atoms with Gasteiger partial charge >= 0.3 is 7.82 Å². The Hall–Kier alpha value is -0.0500. The fraction of sp³-hybridized carbons (Fsp3) is 1.00. The van der Waals surface area contributed by atoms with Crippen LogP contribution in [-0.2, 0) is 13.6 Å². The van der Waals surface area contributed by atoms with E-state index in [1.165, 1.54) is 109 Å². The zero-order chi connectivity index (χ0) is 32.9. The summed E-state index contributed by atoms with van der Waals surface area (Å²) >= 11 is 0. The number of hydrogen-bond acceptors (Lipinski definition) is 6. The number of likely N-dealkylation sites (N-methyl/N-ethyl adjacent to an activating group) is 1. The lowest BCUT2D eigenvalue weighted by atomic mass is 10.0. The van der Waals surface area contributed by atoms with E-state index in [4.69, 9.17) is 9.05 Å². The molecule has 8 nitrogen and oxygen atoms in total. The SMILES string of the molecule is CCCCCCCCCCCCCCC[C@@H](O)[C@H](COP(=O)(O)OCC[N+](C)(C)C)NC(O)CCCCCCCCCCC. The minimum Gasteiger partial charge on any atom is -0.391 e. The monoisotopic (exact) mass is 652 g/mol. The second-order valence-electron chi connectivity index (χ2n) is 14.1. The standard InChI is InChI=1S/C35H75N2O6P/c1-6-8-10-12-14-16-17-18-19-21-22-24-26-28-34(38)33(32-43-44(40,41)42-31-30-37(3,4)5)36-35(39)29-27-25-23-20-15-13-11-9-7-2/h33-36,38-39H,6-32H2,1-5H3/p+1/t33-,34+,35?/m0/s1. The van der Waals surface area contributed by atoms with Crippen molar-refractivity contribution in [3.8, 4) is 0 Å². The van der Waals surface area contributed by atoms with Crippen LogP contribution < -0.4 is 5.32 Å². The van der Waals surface area contributed by atoms with Crippen LogP contribution in [0, 0.1) is 0 Å². The summed E-state index contributed by atoms with van der Waals surface area (Å²) in [5.74, 6) is 0. The van der Waals surface area contributed by atoms with Crippen molar-refractivity contribution in [2.75, 3.05) is 40.9 Å². The Kier molecular flexibility index (Phi) is 29.1. The minimum atomic E-state index is -4.26. The molecule has 266 valence electrons. The van der Waals surface area contributed by atoms with Crippen molar-refractivity contribution in [1.82, 2.24) is 5.32 Å². The molecule has 0 fully saturated rings. The predicted molar refractivity (Wildman–Crippen MR) is 186 cm³/mol. The van der Waals surface area contributed by atoms with Crippen molar-refractivity contribution < 1.29 is 33.2 Å². The first-order chi connectivity index (χ1) is 21.0. The Bertz CT molecular complexity index is 664. The van der Waals surface area contributed by atoms with Crippen molar-refractivity contribution in [1.29, 1.82) is 0 Å². The largest absolute Gasteiger partial charge is 0.472 e. The van der Waals surface area contributed by atoms with Crippen molar-refractivity contribution >= 4 is 7.82 Å². The zero-order valence-electron chi connectivity index (χ0n) is 29.8. The molecule has 2 unspecified atom stereocenters. The van der Waals surface area contributed by atoms with Gasteiger partial charge in [-0.1, -0.05) is 149 Å². The fourth-order valence-corrected chi connectivity index (χ4v) is 6.20. The number of phosphoric ester groups is 1. The summed E-state index contributed by atoms with van der Waals surface area (Å²) < 4.78 is 23.5. The van der Waals surface area contributed by atoms with Crippen molar-refractivity contribution in [3.05, 3.63) is 0 Å². The maximum atomic E-state index is 12.5. The van der Waals surface area contributed by atoms with Crippen LogP contribution in [0.15, 0.2) is 0 Å². The number of quaternary nitrogens is 1. The molecule has 44 heavy (non-hydrogen) atoms. The third kappa shape index (κ3) is 30.6. The molecular formula is C35H76N2O6P+. The lowest BCUT2D eigenvalue weighted by Crippen LogP contribution is -2.48. The molecule has 0 amide bonds. The van der Waals surface area contributed by atoms with Gasteiger partial charge in [-0.05, 0) is 19.3 Å². The Morgan fingerprint density at radius 1 is 0.614 bits per heavy atom. The van der Waals surface area contributed by atoms with Gasteiger partial charge in [-0.15, -0.1) is 0 Å². The van der Waals surface area contributed by atoms with Gasteiger partial charge in [0, 0.05) is 0 Å². The summed E-state index contributed by atoms with van der Waals surface area (Å²) in [5, 5.41) is 24.7. The van der Waals surface area contributed by atoms with Crippen LogP contribution in [0.5, 0.6) is 0 Å². The lowest BCUT2D eigenvalue weighted by Gasteiger charge is -2.28. The first kappa shape index (κ1) is 43.9. The van der Waals surface area contributed by atoms with Crippen LogP contribution in [0.4, 0.5) is 0 Å². The molecule has 0 bridgehead atoms. The number of aliphatic hydroxyl groups excluding tert-OH is 2. The van der Waals surface area contributed by atoms with Gasteiger partial charge in [-0.25, -0.2) is 4.57 Å². The molecule has 0 spiro atoms. The van der Waals surface area contributed by atoms with Gasteiger partial charge in [0.25, 0.3) is 0 Å². The maximum Gasteiger partial charge on any atom is 0.472 e. The minimum absolute atomic E-state index is 0.0954. The molecule has 0 aromatic rings. The van der Waals surface area contributed by atoms with Gasteiger partial charge in [0.2, 0.25) is 0 Å². The van der Waals surface area contributed by atoms with E-state index in [0.29, 0.717) is 23.9 Å². The highest BCUT2D eigenvalue weighted by molar-refractivity contribution is 7.47. The number of rotatable bonds is 34. The molecule has 0 aliphatic rings. The maximum absolute atomic E-state index is 12.5. The average Bonchev–Trinajstić information content (AvgIpc) is 2.95. The van der Waals surface area contributed by atoms with Gasteiger partial charge in [-0.3, -0.25) is 14.4 Å². The topological polar surface area (TPSA) is 108 Å². The Labute approximate surface area is 273 Å². The lowest BCUT2D eigenvalue weighted by molar-refractivity contribution is -0.870. The number of unbranched alkanes of at least 4 members (excludes halogenated alkanes) is 20. The average molecular weight is 652 g/mol. The molecule has 0 saturated carbocycles. The quantitative estimate of drug-likeness (QED) is 0.0238. The summed E-state index contributed by atoms with van der Waals surface area (Å²) in [6.45, 7) is 4.95. The number of hydrogen-bond donors (Lipinski definition) is 4. The molecule has 0 heterocycles. The fourth-order valence-electron chi connectivity index (χ4n) is 5.46. The Morgan fingerprint density at radius 3 is 1.41 bits per heavy atom. The molecule has 9 heteroatoms. The van der Waals surface area contributed by atoms with Crippen LogP contribution in [-0.4, -0.2) is 78.9 Å². The molecular weight excluding hydrogens is 575 g/mol. The van der Waals surface area contributed by atoms with Gasteiger partial charge < -0.3 is 19.6 Å². The van der Waals surface area contributed by atoms with E-state index in [9.17, 15) is 19.7 Å². The third-order valence-corrected chi connectivity index (χ3v) is 9.47. The van der Waals surface area contributed by atoms with Crippen molar-refractivity contribution in [2.24, 2.45) is 0 Å². The molecule has 0 aromatic carbocycles. The molecule has 0 radical (unpaired) electrons. The van der Waals surface area contributed by atoms with Crippen molar-refractivity contribution in [2.45, 2.75) is 186 Å². The Balaban J connectivity index is 4.46. The van der Waals surface area contributed by atoms with E-state index in [1.54, 1.807) is 0 Å². The predicted octanol–water partition coefficient (Wildman–Crippen LogP) is 8.87. The molecule has 0 rings (SSSR count). The van der Waals surface area contributed by atoms with Gasteiger partial charge in [-0.2, -0.15) is 0 Å². The highest BCUT2D eigenvalue weighted by atomic mass is 31.2. The third-order valence-electron chi connectivity index (χ3n) is 8.49. The van der Waals surface area contributed by atoms with E-state index < -0.39 is 26.2 Å². The highest BCUT2D eigenvalue weighted by Crippen LogP contribution is 2.43. The molecule has 0 aliphatic carbocycles. The number of phosphoric acid groups is 1. The van der Waals surface area contributed by atoms with Gasteiger partial charge in [0.15, 0.2) is 0 Å². The van der Waals surface area contributed by atoms with E-state index in [2.05, 4.69) is 19.2 Å². The van der Waals surface area contributed by atoms with E-state index in [1.807, 2.05) is 21.1 Å². The van der Waals surface area contributed by atoms with E-state index in [0.717, 1.165) is 32.1 Å². The van der Waals surface area contributed by atoms with Gasteiger partial charge in [0.05, 0.1) is 39.9 Å². The number of nitrogens with zero attached hydrogens (tertiary/aromatic N) is 1. The molecule has 0 aliphatic heterocycles. The van der Waals surface area contributed by atoms with Crippen LogP contribution >= 0.6 is 7.82 Å². The first-order valence-electron chi connectivity index (χ1n) is 18.5. The van der Waals surface area contributed by atoms with Crippen LogP contribution in [0.1, 0.15) is 168 Å². The second kappa shape index (κ2) is 29.1. The summed E-state index contributed by atoms with van der Waals surface area (Å²) in [6, 6.07) is -0.650. The van der Waals surface area contributed by atoms with Gasteiger partial charge in [0.1, 0.15) is 19.4 Å². The summed E-state index contributed by atoms with van der Waals surface area (Å²) in [6.07, 6.45) is 26.9. The second-order valence-corrected chi connectivity index (χ2v) is 15.6. The molecule has 0 saturated heterocycles. The highest BCUT2D eigenvalue weighted by Gasteiger charge is 2.28. The molecule has 4 N–H and O–H groups in total. The summed E-state index contributed by atoms with van der Waals surface area (Å²) in [7, 11) is 1.68. The Morgan fingerprint density at radius 2 is 1.00 bits per heavy atom. The summed E-state index contributed by atoms with van der Waals surface area (Å²) in [4.78, 5) is 10.2. The molecule has 4 atom stereocenters. The summed E-state index contributed by atoms with van der Waals surface area (Å²) in [5.41, 5.74) is 0. The van der Waals surface area contributed by atoms with E-state index in [-0.39, 0.29) is 13.2 Å². The normalized spacial score (nSPS) is 15.7. The van der Waals surface area contributed by atoms with Crippen LogP contribution in [0.25, 0.3) is 0 Å². The van der Waals surface area contributed by atoms with Crippen molar-refractivity contribution in [3.63, 3.8) is 0 Å². The van der Waals surface area contributed by atoms with E-state index >= 15 is 0 Å².